The van der Waals surface area contributed by atoms with Crippen molar-refractivity contribution in [2.24, 2.45) is 0 Å². The number of hydrogen-bond donors (Lipinski definition) is 1. The first kappa shape index (κ1) is 11.3. The van der Waals surface area contributed by atoms with E-state index < -0.39 is 0 Å². The maximum absolute atomic E-state index is 11.6. The van der Waals surface area contributed by atoms with Gasteiger partial charge >= 0.3 is 0 Å². The number of amides is 1. The highest BCUT2D eigenvalue weighted by atomic mass is 16.1. The molecule has 1 aromatic carbocycles. The van der Waals surface area contributed by atoms with Gasteiger partial charge in [0.25, 0.3) is 0 Å². The molecule has 17 heavy (non-hydrogen) atoms. The van der Waals surface area contributed by atoms with Gasteiger partial charge < -0.3 is 5.32 Å². The van der Waals surface area contributed by atoms with Gasteiger partial charge in [-0.2, -0.15) is 0 Å². The zero-order valence-electron chi connectivity index (χ0n) is 9.52. The number of allylic oxidation sites excluding steroid dienone is 1. The number of carbonyl (C=O) groups excluding carboxylic acids is 1. The van der Waals surface area contributed by atoms with Gasteiger partial charge in [-0.3, -0.25) is 9.78 Å². The van der Waals surface area contributed by atoms with E-state index in [9.17, 15) is 4.79 Å². The van der Waals surface area contributed by atoms with Crippen LogP contribution in [0.2, 0.25) is 0 Å². The molecule has 1 aromatic heterocycles. The standard InChI is InChI=1S/C14H14N2O/c1-2-3-9-13(17)16-12-8-4-6-11-7-5-10-15-14(11)12/h2,4-8,10H,1,3,9H2,(H,16,17). The zero-order valence-corrected chi connectivity index (χ0v) is 9.52. The predicted octanol–water partition coefficient (Wildman–Crippen LogP) is 3.14. The summed E-state index contributed by atoms with van der Waals surface area (Å²) < 4.78 is 0. The van der Waals surface area contributed by atoms with Crippen LogP contribution in [0.3, 0.4) is 0 Å². The summed E-state index contributed by atoms with van der Waals surface area (Å²) in [6.07, 6.45) is 4.60. The smallest absolute Gasteiger partial charge is 0.224 e. The van der Waals surface area contributed by atoms with Crippen LogP contribution >= 0.6 is 0 Å². The SMILES string of the molecule is C=CCCC(=O)Nc1cccc2cccnc12. The third-order valence-electron chi connectivity index (χ3n) is 2.48. The van der Waals surface area contributed by atoms with Gasteiger partial charge in [-0.25, -0.2) is 0 Å². The molecule has 1 amide bonds. The molecule has 3 nitrogen and oxygen atoms in total. The van der Waals surface area contributed by atoms with Crippen LogP contribution in [-0.4, -0.2) is 10.9 Å². The lowest BCUT2D eigenvalue weighted by Gasteiger charge is -2.07. The van der Waals surface area contributed by atoms with Gasteiger partial charge in [0.15, 0.2) is 0 Å². The molecule has 86 valence electrons. The number of rotatable bonds is 4. The highest BCUT2D eigenvalue weighted by Gasteiger charge is 2.05. The molecular weight excluding hydrogens is 212 g/mol. The van der Waals surface area contributed by atoms with E-state index in [4.69, 9.17) is 0 Å². The number of fused-ring (bicyclic) bond motifs is 1. The monoisotopic (exact) mass is 226 g/mol. The molecule has 0 unspecified atom stereocenters. The van der Waals surface area contributed by atoms with Gasteiger partial charge in [0.2, 0.25) is 5.91 Å². The number of benzene rings is 1. The molecule has 0 saturated carbocycles. The van der Waals surface area contributed by atoms with E-state index in [-0.39, 0.29) is 5.91 Å². The minimum atomic E-state index is -0.0111. The average Bonchev–Trinajstić information content (AvgIpc) is 2.37. The fraction of sp³-hybridized carbons (Fsp3) is 0.143. The van der Waals surface area contributed by atoms with Gasteiger partial charge in [-0.15, -0.1) is 6.58 Å². The summed E-state index contributed by atoms with van der Waals surface area (Å²) in [5.41, 5.74) is 1.58. The van der Waals surface area contributed by atoms with Gasteiger partial charge in [-0.05, 0) is 18.6 Å². The fourth-order valence-corrected chi connectivity index (χ4v) is 1.65. The lowest BCUT2D eigenvalue weighted by molar-refractivity contribution is -0.116. The van der Waals surface area contributed by atoms with Crippen LogP contribution in [0.4, 0.5) is 5.69 Å². The average molecular weight is 226 g/mol. The van der Waals surface area contributed by atoms with E-state index in [1.807, 2.05) is 30.3 Å². The number of para-hydroxylation sites is 1. The molecule has 3 heteroatoms. The number of hydrogen-bond acceptors (Lipinski definition) is 2. The second kappa shape index (κ2) is 5.25. The van der Waals surface area contributed by atoms with Gasteiger partial charge in [0, 0.05) is 18.0 Å². The lowest BCUT2D eigenvalue weighted by atomic mass is 10.2. The summed E-state index contributed by atoms with van der Waals surface area (Å²) in [5, 5.41) is 3.89. The molecule has 0 fully saturated rings. The lowest BCUT2D eigenvalue weighted by Crippen LogP contribution is -2.11. The Labute approximate surface area is 100 Å². The molecule has 0 aliphatic carbocycles. The second-order valence-electron chi connectivity index (χ2n) is 3.76. The summed E-state index contributed by atoms with van der Waals surface area (Å²) in [6, 6.07) is 9.60. The molecule has 0 radical (unpaired) electrons. The minimum Gasteiger partial charge on any atom is -0.324 e. The van der Waals surface area contributed by atoms with E-state index in [1.54, 1.807) is 12.3 Å². The molecule has 1 heterocycles. The van der Waals surface area contributed by atoms with Crippen LogP contribution < -0.4 is 5.32 Å². The largest absolute Gasteiger partial charge is 0.324 e. The van der Waals surface area contributed by atoms with Crippen molar-refractivity contribution in [3.63, 3.8) is 0 Å². The van der Waals surface area contributed by atoms with Crippen LogP contribution in [0.15, 0.2) is 49.2 Å². The Bertz CT molecular complexity index is 543. The number of pyridine rings is 1. The molecule has 0 spiro atoms. The molecule has 0 atom stereocenters. The Hall–Kier alpha value is -2.16. The molecular formula is C14H14N2O. The van der Waals surface area contributed by atoms with Crippen molar-refractivity contribution in [2.45, 2.75) is 12.8 Å². The molecule has 0 bridgehead atoms. The van der Waals surface area contributed by atoms with Gasteiger partial charge in [0.1, 0.15) is 0 Å². The quantitative estimate of drug-likeness (QED) is 0.814. The summed E-state index contributed by atoms with van der Waals surface area (Å²) in [6.45, 7) is 3.60. The van der Waals surface area contributed by atoms with E-state index in [1.165, 1.54) is 0 Å². The summed E-state index contributed by atoms with van der Waals surface area (Å²) in [7, 11) is 0. The van der Waals surface area contributed by atoms with Crippen LogP contribution in [0.1, 0.15) is 12.8 Å². The zero-order chi connectivity index (χ0) is 12.1. The Morgan fingerprint density at radius 1 is 1.35 bits per heavy atom. The Morgan fingerprint density at radius 2 is 2.18 bits per heavy atom. The van der Waals surface area contributed by atoms with Crippen molar-refractivity contribution in [1.82, 2.24) is 4.98 Å². The first-order valence-electron chi connectivity index (χ1n) is 5.56. The van der Waals surface area contributed by atoms with Gasteiger partial charge in [-0.1, -0.05) is 24.3 Å². The molecule has 0 saturated heterocycles. The second-order valence-corrected chi connectivity index (χ2v) is 3.76. The number of nitrogens with one attached hydrogen (secondary N) is 1. The maximum atomic E-state index is 11.6. The number of anilines is 1. The third kappa shape index (κ3) is 2.69. The van der Waals surface area contributed by atoms with Crippen LogP contribution in [0.25, 0.3) is 10.9 Å². The Balaban J connectivity index is 2.23. The number of nitrogens with zero attached hydrogens (tertiary/aromatic N) is 1. The first-order valence-corrected chi connectivity index (χ1v) is 5.56. The highest BCUT2D eigenvalue weighted by Crippen LogP contribution is 2.20. The van der Waals surface area contributed by atoms with Crippen LogP contribution in [0, 0.1) is 0 Å². The molecule has 1 N–H and O–H groups in total. The van der Waals surface area contributed by atoms with Crippen molar-refractivity contribution in [3.8, 4) is 0 Å². The fourth-order valence-electron chi connectivity index (χ4n) is 1.65. The van der Waals surface area contributed by atoms with Crippen molar-refractivity contribution in [3.05, 3.63) is 49.2 Å². The summed E-state index contributed by atoms with van der Waals surface area (Å²) in [5.74, 6) is -0.0111. The highest BCUT2D eigenvalue weighted by molar-refractivity contribution is 6.00. The van der Waals surface area contributed by atoms with Crippen molar-refractivity contribution in [1.29, 1.82) is 0 Å². The summed E-state index contributed by atoms with van der Waals surface area (Å²) >= 11 is 0. The predicted molar refractivity (Wildman–Crippen MR) is 69.8 cm³/mol. The van der Waals surface area contributed by atoms with E-state index >= 15 is 0 Å². The van der Waals surface area contributed by atoms with Crippen LogP contribution in [-0.2, 0) is 4.79 Å². The minimum absolute atomic E-state index is 0.0111. The van der Waals surface area contributed by atoms with Crippen molar-refractivity contribution >= 4 is 22.5 Å². The molecule has 0 aliphatic rings. The van der Waals surface area contributed by atoms with Crippen molar-refractivity contribution in [2.75, 3.05) is 5.32 Å². The first-order chi connectivity index (χ1) is 8.31. The molecule has 2 rings (SSSR count). The number of aromatic nitrogens is 1. The Morgan fingerprint density at radius 3 is 3.00 bits per heavy atom. The molecule has 0 aliphatic heterocycles. The molecule has 2 aromatic rings. The van der Waals surface area contributed by atoms with E-state index in [0.29, 0.717) is 12.8 Å². The third-order valence-corrected chi connectivity index (χ3v) is 2.48. The van der Waals surface area contributed by atoms with Crippen LogP contribution in [0.5, 0.6) is 0 Å². The van der Waals surface area contributed by atoms with Gasteiger partial charge in [0.05, 0.1) is 11.2 Å². The van der Waals surface area contributed by atoms with Crippen molar-refractivity contribution < 1.29 is 4.79 Å². The Kier molecular flexibility index (Phi) is 3.50. The normalized spacial score (nSPS) is 10.1. The maximum Gasteiger partial charge on any atom is 0.224 e. The van der Waals surface area contributed by atoms with E-state index in [2.05, 4.69) is 16.9 Å². The summed E-state index contributed by atoms with van der Waals surface area (Å²) in [4.78, 5) is 15.9. The number of carbonyl (C=O) groups is 1. The van der Waals surface area contributed by atoms with E-state index in [0.717, 1.165) is 16.6 Å². The topological polar surface area (TPSA) is 42.0 Å².